The van der Waals surface area contributed by atoms with Crippen LogP contribution >= 0.6 is 0 Å². The van der Waals surface area contributed by atoms with Crippen molar-refractivity contribution < 1.29 is 33.4 Å². The fourth-order valence-electron chi connectivity index (χ4n) is 5.89. The number of ether oxygens (including phenoxy) is 2. The Kier molecular flexibility index (Phi) is 12.5. The van der Waals surface area contributed by atoms with Gasteiger partial charge in [0.15, 0.2) is 12.2 Å². The summed E-state index contributed by atoms with van der Waals surface area (Å²) >= 11 is 0. The molecule has 0 spiro atoms. The molecule has 236 valence electrons. The van der Waals surface area contributed by atoms with E-state index in [-0.39, 0.29) is 57.8 Å². The predicted molar refractivity (Wildman–Crippen MR) is 157 cm³/mol. The second kappa shape index (κ2) is 16.0. The second-order valence-corrected chi connectivity index (χ2v) is 11.1. The highest BCUT2D eigenvalue weighted by Gasteiger charge is 2.54. The van der Waals surface area contributed by atoms with Crippen molar-refractivity contribution in [2.45, 2.75) is 88.9 Å². The van der Waals surface area contributed by atoms with Crippen molar-refractivity contribution >= 4 is 36.1 Å². The maximum Gasteiger partial charge on any atom is 0.418 e. The van der Waals surface area contributed by atoms with Gasteiger partial charge in [-0.3, -0.25) is 15.0 Å². The molecule has 1 heterocycles. The second-order valence-electron chi connectivity index (χ2n) is 11.1. The number of rotatable bonds is 14. The van der Waals surface area contributed by atoms with Crippen LogP contribution in [0.2, 0.25) is 0 Å². The van der Waals surface area contributed by atoms with E-state index in [2.05, 4.69) is 5.32 Å². The van der Waals surface area contributed by atoms with Gasteiger partial charge in [0.1, 0.15) is 12.6 Å². The highest BCUT2D eigenvalue weighted by molar-refractivity contribution is 6.09. The van der Waals surface area contributed by atoms with E-state index in [1.54, 1.807) is 30.3 Å². The molecule has 6 N–H and O–H groups in total. The fourth-order valence-corrected chi connectivity index (χ4v) is 5.89. The molecule has 1 saturated carbocycles. The quantitative estimate of drug-likeness (QED) is 0.0610. The molecule has 3 amide bonds. The van der Waals surface area contributed by atoms with Gasteiger partial charge in [0.05, 0.1) is 12.6 Å². The lowest BCUT2D eigenvalue weighted by atomic mass is 9.91. The molecule has 2 fully saturated rings. The molecule has 0 radical (unpaired) electrons. The highest BCUT2D eigenvalue weighted by atomic mass is 16.6. The van der Waals surface area contributed by atoms with Crippen LogP contribution in [-0.2, 0) is 35.3 Å². The Bertz CT molecular complexity index is 1140. The van der Waals surface area contributed by atoms with Gasteiger partial charge in [-0.15, -0.1) is 0 Å². The van der Waals surface area contributed by atoms with Crippen molar-refractivity contribution in [1.82, 2.24) is 15.1 Å². The van der Waals surface area contributed by atoms with Gasteiger partial charge in [-0.05, 0) is 50.5 Å². The number of esters is 1. The third-order valence-corrected chi connectivity index (χ3v) is 8.08. The number of hydrogen-bond acceptors (Lipinski definition) is 9. The Labute approximate surface area is 252 Å². The first kappa shape index (κ1) is 33.5. The van der Waals surface area contributed by atoms with Gasteiger partial charge < -0.3 is 36.0 Å². The third kappa shape index (κ3) is 8.53. The van der Waals surface area contributed by atoms with Gasteiger partial charge in [0.2, 0.25) is 11.4 Å². The molecule has 3 rings (SSSR count). The number of nitrogens with one attached hydrogen (secondary N) is 2. The van der Waals surface area contributed by atoms with Crippen LogP contribution in [0.25, 0.3) is 0 Å². The lowest BCUT2D eigenvalue weighted by Gasteiger charge is -2.38. The van der Waals surface area contributed by atoms with Crippen LogP contribution in [0.5, 0.6) is 0 Å². The molecule has 1 saturated heterocycles. The Morgan fingerprint density at radius 1 is 1.14 bits per heavy atom. The zero-order valence-corrected chi connectivity index (χ0v) is 24.8. The molecule has 3 atom stereocenters. The average Bonchev–Trinajstić information content (AvgIpc) is 3.70. The van der Waals surface area contributed by atoms with Crippen molar-refractivity contribution in [2.75, 3.05) is 19.7 Å². The van der Waals surface area contributed by atoms with Crippen molar-refractivity contribution in [3.63, 3.8) is 0 Å². The molecule has 43 heavy (non-hydrogen) atoms. The minimum absolute atomic E-state index is 0.0620. The molecule has 0 bridgehead atoms. The Morgan fingerprint density at radius 2 is 1.84 bits per heavy atom. The van der Waals surface area contributed by atoms with E-state index in [1.807, 2.05) is 0 Å². The van der Waals surface area contributed by atoms with Crippen molar-refractivity contribution in [2.24, 2.45) is 17.4 Å². The van der Waals surface area contributed by atoms with E-state index >= 15 is 0 Å². The van der Waals surface area contributed by atoms with Gasteiger partial charge in [-0.2, -0.15) is 0 Å². The summed E-state index contributed by atoms with van der Waals surface area (Å²) in [5, 5.41) is 9.96. The van der Waals surface area contributed by atoms with Gasteiger partial charge >= 0.3 is 12.1 Å². The first-order valence-electron chi connectivity index (χ1n) is 15.0. The van der Waals surface area contributed by atoms with Crippen LogP contribution in [0.3, 0.4) is 0 Å². The molecule has 1 aromatic carbocycles. The van der Waals surface area contributed by atoms with E-state index < -0.39 is 41.5 Å². The summed E-state index contributed by atoms with van der Waals surface area (Å²) in [4.78, 5) is 69.7. The van der Waals surface area contributed by atoms with Gasteiger partial charge in [0.25, 0.3) is 5.91 Å². The lowest BCUT2D eigenvalue weighted by Crippen LogP contribution is -2.65. The molecular formula is C30H44N6O7. The van der Waals surface area contributed by atoms with Crippen LogP contribution in [0, 0.1) is 11.3 Å². The molecule has 1 aliphatic carbocycles. The van der Waals surface area contributed by atoms with Gasteiger partial charge in [0, 0.05) is 13.1 Å². The zero-order chi connectivity index (χ0) is 31.4. The number of carbonyl (C=O) groups is 5. The zero-order valence-electron chi connectivity index (χ0n) is 24.8. The summed E-state index contributed by atoms with van der Waals surface area (Å²) in [6.07, 6.45) is 4.12. The summed E-state index contributed by atoms with van der Waals surface area (Å²) in [7, 11) is 0. The number of nitrogens with two attached hydrogens (primary N) is 2. The summed E-state index contributed by atoms with van der Waals surface area (Å²) in [5.41, 5.74) is 9.92. The Hall–Kier alpha value is -4.00. The summed E-state index contributed by atoms with van der Waals surface area (Å²) in [6, 6.07) is 6.78. The largest absolute Gasteiger partial charge is 0.464 e. The van der Waals surface area contributed by atoms with Crippen molar-refractivity contribution in [3.8, 4) is 0 Å². The molecule has 13 nitrogen and oxygen atoms in total. The minimum atomic E-state index is -2.39. The first-order chi connectivity index (χ1) is 20.6. The maximum atomic E-state index is 14.3. The lowest BCUT2D eigenvalue weighted by molar-refractivity contribution is -0.166. The predicted octanol–water partition coefficient (Wildman–Crippen LogP) is 1.81. The number of nitrogens with zero attached hydrogens (tertiary/aromatic N) is 2. The van der Waals surface area contributed by atoms with Crippen LogP contribution < -0.4 is 16.8 Å². The first-order valence-corrected chi connectivity index (χ1v) is 15.0. The van der Waals surface area contributed by atoms with E-state index in [0.29, 0.717) is 29.2 Å². The van der Waals surface area contributed by atoms with Crippen LogP contribution in [-0.4, -0.2) is 83.2 Å². The number of aldehydes is 1. The van der Waals surface area contributed by atoms with Crippen LogP contribution in [0.1, 0.15) is 70.3 Å². The monoisotopic (exact) mass is 600 g/mol. The van der Waals surface area contributed by atoms with E-state index in [1.165, 1.54) is 11.8 Å². The Balaban J connectivity index is 1.94. The van der Waals surface area contributed by atoms with E-state index in [0.717, 1.165) is 25.7 Å². The molecule has 0 aromatic heterocycles. The number of carbonyl (C=O) groups excluding carboxylic acids is 5. The number of imide groups is 1. The van der Waals surface area contributed by atoms with Gasteiger partial charge in [-0.25, -0.2) is 14.5 Å². The van der Waals surface area contributed by atoms with E-state index in [4.69, 9.17) is 26.4 Å². The number of likely N-dealkylation sites (tertiary alicyclic amines) is 1. The molecule has 0 unspecified atom stereocenters. The number of amides is 3. The molecule has 1 aliphatic heterocycles. The average molecular weight is 601 g/mol. The third-order valence-electron chi connectivity index (χ3n) is 8.08. The number of guanidine groups is 1. The van der Waals surface area contributed by atoms with Gasteiger partial charge in [-0.1, -0.05) is 56.0 Å². The summed E-state index contributed by atoms with van der Waals surface area (Å²) in [5.74, 6) is -2.41. The highest BCUT2D eigenvalue weighted by Crippen LogP contribution is 2.31. The normalized spacial score (nSPS) is 18.7. The van der Waals surface area contributed by atoms with E-state index in [9.17, 15) is 24.0 Å². The van der Waals surface area contributed by atoms with Crippen molar-refractivity contribution in [3.05, 3.63) is 35.9 Å². The summed E-state index contributed by atoms with van der Waals surface area (Å²) < 4.78 is 10.7. The standard InChI is InChI=1S/C30H44N6O7/c1-2-42-27(40)30(20-37,15-9-16-34-28(32)33)36(29(41)43-19-22-12-4-3-5-13-22)26(39)24-14-8-17-35(24)25(38)23(31)18-21-10-6-7-11-21/h3-5,12-13,20-21,23-24H,2,6-11,14-19,31H2,1H3,(H4,32,33,34)/t23-,24+,30+/m1/s1. The van der Waals surface area contributed by atoms with Crippen LogP contribution in [0.4, 0.5) is 4.79 Å². The fraction of sp³-hybridized carbons (Fsp3) is 0.600. The molecular weight excluding hydrogens is 556 g/mol. The number of benzene rings is 1. The number of hydrogen-bond donors (Lipinski definition) is 4. The topological polar surface area (TPSA) is 198 Å². The smallest absolute Gasteiger partial charge is 0.418 e. The summed E-state index contributed by atoms with van der Waals surface area (Å²) in [6.45, 7) is 1.51. The maximum absolute atomic E-state index is 14.3. The van der Waals surface area contributed by atoms with Crippen molar-refractivity contribution in [1.29, 1.82) is 5.41 Å². The van der Waals surface area contributed by atoms with Crippen LogP contribution in [0.15, 0.2) is 30.3 Å². The molecule has 13 heteroatoms. The Morgan fingerprint density at radius 3 is 2.47 bits per heavy atom. The molecule has 1 aromatic rings. The SMILES string of the molecule is CCOC(=O)[C@@](C=O)(CCCNC(=N)N)N(C(=O)OCc1ccccc1)C(=O)[C@@H]1CCCN1C(=O)[C@H](N)CC1CCCC1. The molecule has 2 aliphatic rings. The minimum Gasteiger partial charge on any atom is -0.464 e.